The summed E-state index contributed by atoms with van der Waals surface area (Å²) in [6.07, 6.45) is 0. The molecule has 2 N–H and O–H groups in total. The van der Waals surface area contributed by atoms with Crippen molar-refractivity contribution in [2.75, 3.05) is 46.3 Å². The summed E-state index contributed by atoms with van der Waals surface area (Å²) in [5.41, 5.74) is 6.09. The molecule has 1 aromatic rings. The second kappa shape index (κ2) is 7.44. The SMILES string of the molecule is COCCN(CCOC)S(=O)(=O)c1ccc(N)cc1. The summed E-state index contributed by atoms with van der Waals surface area (Å²) in [6.45, 7) is 1.23. The first kappa shape index (κ1) is 15.9. The summed E-state index contributed by atoms with van der Waals surface area (Å²) >= 11 is 0. The van der Waals surface area contributed by atoms with Crippen LogP contribution in [0.3, 0.4) is 0 Å². The zero-order chi connectivity index (χ0) is 14.3. The van der Waals surface area contributed by atoms with Gasteiger partial charge in [0, 0.05) is 33.0 Å². The van der Waals surface area contributed by atoms with Crippen LogP contribution in [0.5, 0.6) is 0 Å². The van der Waals surface area contributed by atoms with Crippen LogP contribution < -0.4 is 5.73 Å². The predicted molar refractivity (Wildman–Crippen MR) is 73.4 cm³/mol. The number of benzene rings is 1. The number of nitrogens with zero attached hydrogens (tertiary/aromatic N) is 1. The van der Waals surface area contributed by atoms with E-state index in [0.717, 1.165) is 0 Å². The normalized spacial score (nSPS) is 11.9. The highest BCUT2D eigenvalue weighted by molar-refractivity contribution is 7.89. The monoisotopic (exact) mass is 288 g/mol. The number of hydrogen-bond donors (Lipinski definition) is 1. The molecule has 7 heteroatoms. The third kappa shape index (κ3) is 4.46. The highest BCUT2D eigenvalue weighted by Gasteiger charge is 2.23. The number of rotatable bonds is 8. The summed E-state index contributed by atoms with van der Waals surface area (Å²) < 4.78 is 36.1. The largest absolute Gasteiger partial charge is 0.399 e. The molecule has 1 rings (SSSR count). The van der Waals surface area contributed by atoms with E-state index >= 15 is 0 Å². The molecular weight excluding hydrogens is 268 g/mol. The van der Waals surface area contributed by atoms with Gasteiger partial charge in [0.05, 0.1) is 18.1 Å². The Morgan fingerprint density at radius 1 is 1.05 bits per heavy atom. The van der Waals surface area contributed by atoms with Crippen molar-refractivity contribution in [3.8, 4) is 0 Å². The number of sulfonamides is 1. The van der Waals surface area contributed by atoms with E-state index in [4.69, 9.17) is 15.2 Å². The Balaban J connectivity index is 2.93. The molecule has 6 nitrogen and oxygen atoms in total. The van der Waals surface area contributed by atoms with Crippen molar-refractivity contribution < 1.29 is 17.9 Å². The summed E-state index contributed by atoms with van der Waals surface area (Å²) in [5.74, 6) is 0. The molecular formula is C12H20N2O4S. The van der Waals surface area contributed by atoms with E-state index in [9.17, 15) is 8.42 Å². The highest BCUT2D eigenvalue weighted by atomic mass is 32.2. The smallest absolute Gasteiger partial charge is 0.243 e. The third-order valence-electron chi connectivity index (χ3n) is 2.61. The fourth-order valence-electron chi connectivity index (χ4n) is 1.53. The van der Waals surface area contributed by atoms with Crippen LogP contribution in [0.1, 0.15) is 0 Å². The second-order valence-corrected chi connectivity index (χ2v) is 5.90. The van der Waals surface area contributed by atoms with Crippen molar-refractivity contribution in [1.82, 2.24) is 4.31 Å². The Kier molecular flexibility index (Phi) is 6.23. The van der Waals surface area contributed by atoms with E-state index in [1.54, 1.807) is 12.1 Å². The van der Waals surface area contributed by atoms with Gasteiger partial charge in [-0.05, 0) is 24.3 Å². The van der Waals surface area contributed by atoms with Gasteiger partial charge in [-0.3, -0.25) is 0 Å². The standard InChI is InChI=1S/C12H20N2O4S/c1-17-9-7-14(8-10-18-2)19(15,16)12-5-3-11(13)4-6-12/h3-6H,7-10,13H2,1-2H3. The van der Waals surface area contributed by atoms with Crippen LogP contribution >= 0.6 is 0 Å². The summed E-state index contributed by atoms with van der Waals surface area (Å²) in [5, 5.41) is 0. The minimum absolute atomic E-state index is 0.217. The topological polar surface area (TPSA) is 81.9 Å². The molecule has 0 atom stereocenters. The van der Waals surface area contributed by atoms with Gasteiger partial charge in [-0.25, -0.2) is 8.42 Å². The molecule has 19 heavy (non-hydrogen) atoms. The molecule has 0 aliphatic heterocycles. The molecule has 0 unspecified atom stereocenters. The molecule has 0 aromatic heterocycles. The van der Waals surface area contributed by atoms with Crippen molar-refractivity contribution in [3.63, 3.8) is 0 Å². The van der Waals surface area contributed by atoms with Gasteiger partial charge in [-0.15, -0.1) is 0 Å². The summed E-state index contributed by atoms with van der Waals surface area (Å²) in [7, 11) is -0.480. The van der Waals surface area contributed by atoms with Gasteiger partial charge in [0.15, 0.2) is 0 Å². The number of anilines is 1. The van der Waals surface area contributed by atoms with Crippen LogP contribution in [0, 0.1) is 0 Å². The van der Waals surface area contributed by atoms with E-state index in [2.05, 4.69) is 0 Å². The lowest BCUT2D eigenvalue weighted by molar-refractivity contribution is 0.150. The molecule has 0 heterocycles. The zero-order valence-electron chi connectivity index (χ0n) is 11.2. The van der Waals surface area contributed by atoms with Crippen LogP contribution in [0.4, 0.5) is 5.69 Å². The van der Waals surface area contributed by atoms with Gasteiger partial charge >= 0.3 is 0 Å². The van der Waals surface area contributed by atoms with E-state index in [1.165, 1.54) is 30.7 Å². The van der Waals surface area contributed by atoms with Crippen LogP contribution in [0.25, 0.3) is 0 Å². The Bertz CT molecular complexity index is 465. The fourth-order valence-corrected chi connectivity index (χ4v) is 2.94. The lowest BCUT2D eigenvalue weighted by Gasteiger charge is -2.21. The highest BCUT2D eigenvalue weighted by Crippen LogP contribution is 2.16. The maximum atomic E-state index is 12.4. The second-order valence-electron chi connectivity index (χ2n) is 3.96. The molecule has 0 fully saturated rings. The van der Waals surface area contributed by atoms with E-state index in [0.29, 0.717) is 18.9 Å². The van der Waals surface area contributed by atoms with Crippen molar-refractivity contribution in [2.45, 2.75) is 4.90 Å². The molecule has 0 spiro atoms. The Labute approximate surface area is 114 Å². The zero-order valence-corrected chi connectivity index (χ0v) is 12.0. The number of hydrogen-bond acceptors (Lipinski definition) is 5. The molecule has 0 saturated carbocycles. The molecule has 0 aliphatic rings. The average Bonchev–Trinajstić information content (AvgIpc) is 2.39. The van der Waals surface area contributed by atoms with Crippen molar-refractivity contribution in [1.29, 1.82) is 0 Å². The molecule has 0 amide bonds. The number of methoxy groups -OCH3 is 2. The maximum absolute atomic E-state index is 12.4. The quantitative estimate of drug-likeness (QED) is 0.707. The van der Waals surface area contributed by atoms with Gasteiger partial charge in [-0.2, -0.15) is 4.31 Å². The third-order valence-corrected chi connectivity index (χ3v) is 4.52. The number of ether oxygens (including phenoxy) is 2. The number of nitrogen functional groups attached to an aromatic ring is 1. The van der Waals surface area contributed by atoms with Gasteiger partial charge in [0.25, 0.3) is 0 Å². The van der Waals surface area contributed by atoms with Gasteiger partial charge in [0.1, 0.15) is 0 Å². The van der Waals surface area contributed by atoms with Crippen molar-refractivity contribution in [3.05, 3.63) is 24.3 Å². The Morgan fingerprint density at radius 3 is 1.95 bits per heavy atom. The van der Waals surface area contributed by atoms with Crippen LogP contribution in [-0.4, -0.2) is 53.2 Å². The molecule has 0 saturated heterocycles. The predicted octanol–water partition coefficient (Wildman–Crippen LogP) is 0.552. The fraction of sp³-hybridized carbons (Fsp3) is 0.500. The maximum Gasteiger partial charge on any atom is 0.243 e. The van der Waals surface area contributed by atoms with Crippen LogP contribution in [0.2, 0.25) is 0 Å². The van der Waals surface area contributed by atoms with Gasteiger partial charge in [-0.1, -0.05) is 0 Å². The lowest BCUT2D eigenvalue weighted by Crippen LogP contribution is -2.36. The first-order valence-electron chi connectivity index (χ1n) is 5.86. The number of nitrogens with two attached hydrogens (primary N) is 1. The van der Waals surface area contributed by atoms with E-state index < -0.39 is 10.0 Å². The first-order valence-corrected chi connectivity index (χ1v) is 7.30. The van der Waals surface area contributed by atoms with E-state index in [1.807, 2.05) is 0 Å². The molecule has 0 bridgehead atoms. The van der Waals surface area contributed by atoms with Gasteiger partial charge < -0.3 is 15.2 Å². The van der Waals surface area contributed by atoms with Gasteiger partial charge in [0.2, 0.25) is 10.0 Å². The van der Waals surface area contributed by atoms with Crippen molar-refractivity contribution in [2.24, 2.45) is 0 Å². The van der Waals surface area contributed by atoms with E-state index in [-0.39, 0.29) is 18.0 Å². The first-order chi connectivity index (χ1) is 9.02. The minimum Gasteiger partial charge on any atom is -0.399 e. The average molecular weight is 288 g/mol. The molecule has 108 valence electrons. The van der Waals surface area contributed by atoms with Crippen molar-refractivity contribution >= 4 is 15.7 Å². The van der Waals surface area contributed by atoms with Crippen LogP contribution in [0.15, 0.2) is 29.2 Å². The van der Waals surface area contributed by atoms with Crippen LogP contribution in [-0.2, 0) is 19.5 Å². The molecule has 0 aliphatic carbocycles. The molecule has 1 aromatic carbocycles. The minimum atomic E-state index is -3.54. The summed E-state index contributed by atoms with van der Waals surface area (Å²) in [6, 6.07) is 6.13. The Morgan fingerprint density at radius 2 is 1.53 bits per heavy atom. The lowest BCUT2D eigenvalue weighted by atomic mass is 10.3. The molecule has 0 radical (unpaired) electrons. The Hall–Kier alpha value is -1.15. The summed E-state index contributed by atoms with van der Waals surface area (Å²) in [4.78, 5) is 0.217.